The van der Waals surface area contributed by atoms with Gasteiger partial charge in [0.05, 0.1) is 25.8 Å². The molecule has 38 heavy (non-hydrogen) atoms. The highest BCUT2D eigenvalue weighted by Crippen LogP contribution is 2.29. The summed E-state index contributed by atoms with van der Waals surface area (Å²) in [5.74, 6) is -1.24. The van der Waals surface area contributed by atoms with Gasteiger partial charge in [0, 0.05) is 6.42 Å². The average molecular weight is 531 g/mol. The van der Waals surface area contributed by atoms with Gasteiger partial charge in [0.25, 0.3) is 0 Å². The maximum absolute atomic E-state index is 13.8. The molecule has 0 saturated carbocycles. The summed E-state index contributed by atoms with van der Waals surface area (Å²) in [5, 5.41) is 11.2. The molecule has 2 aromatic rings. The molecule has 12 heteroatoms. The Morgan fingerprint density at radius 1 is 1.16 bits per heavy atom. The fourth-order valence-corrected chi connectivity index (χ4v) is 4.51. The van der Waals surface area contributed by atoms with Crippen LogP contribution in [0.2, 0.25) is 0 Å². The van der Waals surface area contributed by atoms with Crippen molar-refractivity contribution in [3.63, 3.8) is 0 Å². The number of nitro groups is 1. The number of hydrogen-bond acceptors (Lipinski definition) is 9. The summed E-state index contributed by atoms with van der Waals surface area (Å²) in [5.41, 5.74) is 0.384. The summed E-state index contributed by atoms with van der Waals surface area (Å²) < 4.78 is 17.4. The number of carbonyl (C=O) groups is 3. The summed E-state index contributed by atoms with van der Waals surface area (Å²) in [6, 6.07) is 4.80. The molecule has 1 aliphatic heterocycles. The van der Waals surface area contributed by atoms with Gasteiger partial charge in [0.1, 0.15) is 30.1 Å². The van der Waals surface area contributed by atoms with Crippen molar-refractivity contribution < 1.29 is 33.5 Å². The minimum Gasteiger partial charge on any atom is -0.488 e. The second kappa shape index (κ2) is 13.5. The molecule has 1 saturated heterocycles. The van der Waals surface area contributed by atoms with Crippen LogP contribution in [0.5, 0.6) is 5.75 Å². The molecule has 0 bridgehead atoms. The molecular weight excluding hydrogens is 496 g/mol. The van der Waals surface area contributed by atoms with Gasteiger partial charge in [-0.1, -0.05) is 32.6 Å². The first-order chi connectivity index (χ1) is 18.3. The smallest absolute Gasteiger partial charge is 0.381 e. The van der Waals surface area contributed by atoms with Crippen molar-refractivity contribution in [2.75, 3.05) is 20.3 Å². The van der Waals surface area contributed by atoms with Gasteiger partial charge in [-0.2, -0.15) is 0 Å². The normalized spacial score (nSPS) is 17.6. The molecule has 0 unspecified atom stereocenters. The lowest BCUT2D eigenvalue weighted by atomic mass is 10.1. The van der Waals surface area contributed by atoms with Gasteiger partial charge in [0.15, 0.2) is 0 Å². The van der Waals surface area contributed by atoms with Crippen molar-refractivity contribution >= 4 is 23.7 Å². The molecule has 0 spiro atoms. The van der Waals surface area contributed by atoms with E-state index in [9.17, 15) is 24.5 Å². The van der Waals surface area contributed by atoms with E-state index < -0.39 is 35.0 Å². The molecule has 1 amide bonds. The molecule has 1 aliphatic rings. The predicted octanol–water partition coefficient (Wildman–Crippen LogP) is 3.70. The fourth-order valence-electron chi connectivity index (χ4n) is 4.51. The van der Waals surface area contributed by atoms with Crippen LogP contribution in [0.4, 0.5) is 5.82 Å². The van der Waals surface area contributed by atoms with Crippen molar-refractivity contribution in [3.8, 4) is 5.75 Å². The average Bonchev–Trinajstić information content (AvgIpc) is 3.56. The second-order valence-electron chi connectivity index (χ2n) is 9.05. The molecule has 0 aliphatic carbocycles. The van der Waals surface area contributed by atoms with Crippen LogP contribution in [0.3, 0.4) is 0 Å². The zero-order chi connectivity index (χ0) is 27.7. The number of imidazole rings is 1. The van der Waals surface area contributed by atoms with Crippen LogP contribution in [-0.4, -0.2) is 69.6 Å². The molecule has 206 valence electrons. The Bertz CT molecular complexity index is 1120. The Labute approximate surface area is 221 Å². The Kier molecular flexibility index (Phi) is 10.2. The van der Waals surface area contributed by atoms with Gasteiger partial charge in [-0.05, 0) is 47.5 Å². The van der Waals surface area contributed by atoms with E-state index in [1.54, 1.807) is 31.2 Å². The predicted molar refractivity (Wildman–Crippen MR) is 136 cm³/mol. The Balaban J connectivity index is 1.79. The highest BCUT2D eigenvalue weighted by molar-refractivity contribution is 5.89. The van der Waals surface area contributed by atoms with Crippen molar-refractivity contribution in [2.45, 2.75) is 70.6 Å². The molecule has 1 fully saturated rings. The summed E-state index contributed by atoms with van der Waals surface area (Å²) in [6.45, 7) is 4.20. The number of carbonyl (C=O) groups excluding carboxylic acids is 3. The van der Waals surface area contributed by atoms with E-state index in [-0.39, 0.29) is 31.3 Å². The van der Waals surface area contributed by atoms with E-state index in [4.69, 9.17) is 14.2 Å². The van der Waals surface area contributed by atoms with Crippen LogP contribution in [0.15, 0.2) is 36.8 Å². The first-order valence-corrected chi connectivity index (χ1v) is 12.8. The summed E-state index contributed by atoms with van der Waals surface area (Å²) >= 11 is 0. The van der Waals surface area contributed by atoms with Crippen LogP contribution in [0.1, 0.15) is 68.8 Å². The zero-order valence-electron chi connectivity index (χ0n) is 21.9. The van der Waals surface area contributed by atoms with Crippen LogP contribution in [0.25, 0.3) is 0 Å². The number of esters is 2. The number of ether oxygens (including phenoxy) is 3. The molecule has 1 aromatic heterocycles. The van der Waals surface area contributed by atoms with Gasteiger partial charge < -0.3 is 29.2 Å². The first-order valence-electron chi connectivity index (χ1n) is 12.8. The second-order valence-corrected chi connectivity index (χ2v) is 9.05. The number of aromatic nitrogens is 2. The Morgan fingerprint density at radius 2 is 1.89 bits per heavy atom. The van der Waals surface area contributed by atoms with E-state index in [0.29, 0.717) is 17.7 Å². The fraction of sp³-hybridized carbons (Fsp3) is 0.538. The van der Waals surface area contributed by atoms with E-state index in [2.05, 4.69) is 11.9 Å². The minimum absolute atomic E-state index is 0.125. The number of amides is 1. The monoisotopic (exact) mass is 530 g/mol. The lowest BCUT2D eigenvalue weighted by Gasteiger charge is -2.27. The number of benzene rings is 1. The van der Waals surface area contributed by atoms with E-state index >= 15 is 0 Å². The number of rotatable bonds is 13. The summed E-state index contributed by atoms with van der Waals surface area (Å²) in [4.78, 5) is 54.1. The molecular formula is C26H34N4O8. The maximum atomic E-state index is 13.8. The van der Waals surface area contributed by atoms with Gasteiger partial charge in [-0.15, -0.1) is 0 Å². The maximum Gasteiger partial charge on any atom is 0.381 e. The molecule has 12 nitrogen and oxygen atoms in total. The number of hydrogen-bond donors (Lipinski definition) is 0. The standard InChI is InChI=1S/C26H34N4O8/c1-4-6-7-8-9-21(28-16-23(27-17-28)30(34)35)24(31)29-15-20(14-22(29)26(33)36-3)38-19-12-10-18(11-13-19)25(32)37-5-2/h10-13,16-17,20-22H,4-9,14-15H2,1-3H3/t20-,21-,22-/m0/s1. The van der Waals surface area contributed by atoms with Crippen molar-refractivity contribution in [3.05, 3.63) is 52.5 Å². The summed E-state index contributed by atoms with van der Waals surface area (Å²) in [7, 11) is 1.26. The Morgan fingerprint density at radius 3 is 2.50 bits per heavy atom. The SMILES string of the molecule is CCCCCC[C@@H](C(=O)N1C[C@@H](Oc2ccc(C(=O)OCC)cc2)C[C@H]1C(=O)OC)n1cnc([N+](=O)[O-])c1. The summed E-state index contributed by atoms with van der Waals surface area (Å²) in [6.07, 6.45) is 6.34. The first kappa shape index (κ1) is 28.6. The van der Waals surface area contributed by atoms with Gasteiger partial charge in [0.2, 0.25) is 12.2 Å². The van der Waals surface area contributed by atoms with Gasteiger partial charge >= 0.3 is 17.8 Å². The molecule has 3 rings (SSSR count). The molecule has 0 N–H and O–H groups in total. The van der Waals surface area contributed by atoms with Crippen LogP contribution in [-0.2, 0) is 19.1 Å². The third-order valence-electron chi connectivity index (χ3n) is 6.44. The largest absolute Gasteiger partial charge is 0.488 e. The third kappa shape index (κ3) is 7.08. The zero-order valence-corrected chi connectivity index (χ0v) is 21.9. The third-order valence-corrected chi connectivity index (χ3v) is 6.44. The number of methoxy groups -OCH3 is 1. The molecule has 2 heterocycles. The number of likely N-dealkylation sites (tertiary alicyclic amines) is 1. The van der Waals surface area contributed by atoms with Crippen LogP contribution < -0.4 is 4.74 Å². The molecule has 0 radical (unpaired) electrons. The quantitative estimate of drug-likeness (QED) is 0.164. The lowest BCUT2D eigenvalue weighted by Crippen LogP contribution is -2.44. The van der Waals surface area contributed by atoms with Crippen molar-refractivity contribution in [1.29, 1.82) is 0 Å². The van der Waals surface area contributed by atoms with E-state index in [1.807, 2.05) is 0 Å². The Hall–Kier alpha value is -3.96. The lowest BCUT2D eigenvalue weighted by molar-refractivity contribution is -0.389. The van der Waals surface area contributed by atoms with E-state index in [0.717, 1.165) is 25.7 Å². The van der Waals surface area contributed by atoms with Gasteiger partial charge in [-0.25, -0.2) is 9.59 Å². The van der Waals surface area contributed by atoms with Crippen molar-refractivity contribution in [2.24, 2.45) is 0 Å². The van der Waals surface area contributed by atoms with Gasteiger partial charge in [-0.3, -0.25) is 9.36 Å². The molecule has 3 atom stereocenters. The van der Waals surface area contributed by atoms with Crippen LogP contribution in [0, 0.1) is 10.1 Å². The molecule has 1 aromatic carbocycles. The highest BCUT2D eigenvalue weighted by atomic mass is 16.6. The van der Waals surface area contributed by atoms with E-state index in [1.165, 1.54) is 29.1 Å². The topological polar surface area (TPSA) is 143 Å². The number of nitrogens with zero attached hydrogens (tertiary/aromatic N) is 4. The van der Waals surface area contributed by atoms with Crippen molar-refractivity contribution in [1.82, 2.24) is 14.5 Å². The highest BCUT2D eigenvalue weighted by Gasteiger charge is 2.44. The minimum atomic E-state index is -0.868. The number of unbranched alkanes of at least 4 members (excludes halogenated alkanes) is 3. The van der Waals surface area contributed by atoms with Crippen LogP contribution >= 0.6 is 0 Å².